The van der Waals surface area contributed by atoms with Gasteiger partial charge in [0.05, 0.1) is 16.7 Å². The molecule has 0 aromatic carbocycles. The average Bonchev–Trinajstić information content (AvgIpc) is 2.75. The Hall–Kier alpha value is -0.450. The lowest BCUT2D eigenvalue weighted by Crippen LogP contribution is -2.45. The van der Waals surface area contributed by atoms with Crippen molar-refractivity contribution < 1.29 is 0 Å². The fourth-order valence-electron chi connectivity index (χ4n) is 2.35. The van der Waals surface area contributed by atoms with Crippen LogP contribution in [0.4, 0.5) is 0 Å². The molecule has 2 rings (SSSR count). The van der Waals surface area contributed by atoms with Crippen LogP contribution in [0.2, 0.25) is 0 Å². The first-order valence-electron chi connectivity index (χ1n) is 6.04. The Balaban J connectivity index is 2.01. The smallest absolute Gasteiger partial charge is 0.0898 e. The van der Waals surface area contributed by atoms with E-state index in [1.165, 1.54) is 30.1 Å². The molecule has 4 heteroatoms. The van der Waals surface area contributed by atoms with Crippen molar-refractivity contribution in [3.63, 3.8) is 0 Å². The molecule has 1 N–H and O–H groups in total. The molecule has 1 aliphatic rings. The van der Waals surface area contributed by atoms with E-state index in [0.717, 1.165) is 6.54 Å². The molecule has 0 saturated carbocycles. The van der Waals surface area contributed by atoms with Crippen LogP contribution in [0.15, 0.2) is 5.38 Å². The minimum absolute atomic E-state index is 0.459. The van der Waals surface area contributed by atoms with Gasteiger partial charge in [0.1, 0.15) is 0 Å². The van der Waals surface area contributed by atoms with Crippen molar-refractivity contribution in [2.45, 2.75) is 38.8 Å². The second-order valence-electron chi connectivity index (χ2n) is 4.59. The monoisotopic (exact) mass is 239 g/mol. The van der Waals surface area contributed by atoms with Gasteiger partial charge in [-0.1, -0.05) is 0 Å². The molecule has 1 saturated heterocycles. The molecule has 2 heterocycles. The van der Waals surface area contributed by atoms with E-state index < -0.39 is 0 Å². The summed E-state index contributed by atoms with van der Waals surface area (Å²) < 4.78 is 0. The van der Waals surface area contributed by atoms with Crippen LogP contribution >= 0.6 is 11.3 Å². The Morgan fingerprint density at radius 1 is 1.62 bits per heavy atom. The normalized spacial score (nSPS) is 24.6. The summed E-state index contributed by atoms with van der Waals surface area (Å²) in [5.41, 5.74) is 1.24. The number of likely N-dealkylation sites (tertiary alicyclic amines) is 1. The molecule has 1 fully saturated rings. The highest BCUT2D eigenvalue weighted by Crippen LogP contribution is 2.25. The number of hydrogen-bond donors (Lipinski definition) is 1. The zero-order valence-electron chi connectivity index (χ0n) is 10.4. The number of hydrogen-bond acceptors (Lipinski definition) is 4. The van der Waals surface area contributed by atoms with Gasteiger partial charge in [0.2, 0.25) is 0 Å². The Morgan fingerprint density at radius 2 is 2.44 bits per heavy atom. The molecular formula is C12H21N3S. The molecule has 0 spiro atoms. The van der Waals surface area contributed by atoms with E-state index in [1.54, 1.807) is 11.3 Å². The van der Waals surface area contributed by atoms with Gasteiger partial charge >= 0.3 is 0 Å². The lowest BCUT2D eigenvalue weighted by atomic mass is 10.0. The van der Waals surface area contributed by atoms with E-state index in [0.29, 0.717) is 12.1 Å². The van der Waals surface area contributed by atoms with Gasteiger partial charge in [-0.2, -0.15) is 0 Å². The summed E-state index contributed by atoms with van der Waals surface area (Å²) >= 11 is 1.75. The number of aryl methyl sites for hydroxylation is 1. The summed E-state index contributed by atoms with van der Waals surface area (Å²) in [5.74, 6) is 0. The molecule has 0 radical (unpaired) electrons. The Morgan fingerprint density at radius 3 is 3.06 bits per heavy atom. The van der Waals surface area contributed by atoms with E-state index in [-0.39, 0.29) is 0 Å². The third-order valence-corrected chi connectivity index (χ3v) is 4.27. The van der Waals surface area contributed by atoms with E-state index in [2.05, 4.69) is 41.5 Å². The fourth-order valence-corrected chi connectivity index (χ4v) is 3.05. The number of piperidine rings is 1. The quantitative estimate of drug-likeness (QED) is 0.876. The van der Waals surface area contributed by atoms with Crippen molar-refractivity contribution in [2.75, 3.05) is 20.1 Å². The highest BCUT2D eigenvalue weighted by molar-refractivity contribution is 7.09. The zero-order valence-corrected chi connectivity index (χ0v) is 11.2. The lowest BCUT2D eigenvalue weighted by Gasteiger charge is -2.36. The largest absolute Gasteiger partial charge is 0.316 e. The third-order valence-electron chi connectivity index (χ3n) is 3.47. The van der Waals surface area contributed by atoms with Crippen LogP contribution in [0.1, 0.15) is 36.5 Å². The Kier molecular flexibility index (Phi) is 3.95. The Labute approximate surface area is 102 Å². The predicted octanol–water partition coefficient (Wildman–Crippen LogP) is 2.20. The minimum atomic E-state index is 0.459. The highest BCUT2D eigenvalue weighted by atomic mass is 32.1. The van der Waals surface area contributed by atoms with Crippen LogP contribution in [0.5, 0.6) is 0 Å². The molecule has 1 aromatic rings. The average molecular weight is 239 g/mol. The standard InChI is InChI=1S/C12H21N3S/c1-9(12-8-16-10(2)14-12)15-6-4-5-11(7-15)13-3/h8-9,11,13H,4-7H2,1-3H3. The third kappa shape index (κ3) is 2.62. The summed E-state index contributed by atoms with van der Waals surface area (Å²) in [6.07, 6.45) is 2.59. The molecule has 90 valence electrons. The number of thiazole rings is 1. The van der Waals surface area contributed by atoms with Crippen LogP contribution in [0.25, 0.3) is 0 Å². The summed E-state index contributed by atoms with van der Waals surface area (Å²) in [6.45, 7) is 6.70. The van der Waals surface area contributed by atoms with Crippen LogP contribution in [-0.4, -0.2) is 36.1 Å². The number of nitrogens with one attached hydrogen (secondary N) is 1. The maximum Gasteiger partial charge on any atom is 0.0898 e. The van der Waals surface area contributed by atoms with E-state index in [4.69, 9.17) is 0 Å². The molecule has 0 bridgehead atoms. The van der Waals surface area contributed by atoms with Crippen LogP contribution in [0, 0.1) is 6.92 Å². The van der Waals surface area contributed by atoms with Crippen LogP contribution in [-0.2, 0) is 0 Å². The molecule has 0 aliphatic carbocycles. The number of likely N-dealkylation sites (N-methyl/N-ethyl adjacent to an activating group) is 1. The van der Waals surface area contributed by atoms with E-state index >= 15 is 0 Å². The summed E-state index contributed by atoms with van der Waals surface area (Å²) in [6, 6.07) is 1.11. The summed E-state index contributed by atoms with van der Waals surface area (Å²) in [7, 11) is 2.06. The highest BCUT2D eigenvalue weighted by Gasteiger charge is 2.24. The number of nitrogens with zero attached hydrogens (tertiary/aromatic N) is 2. The van der Waals surface area contributed by atoms with Gasteiger partial charge in [-0.05, 0) is 40.3 Å². The van der Waals surface area contributed by atoms with Gasteiger partial charge in [0.15, 0.2) is 0 Å². The predicted molar refractivity (Wildman–Crippen MR) is 68.9 cm³/mol. The first-order valence-corrected chi connectivity index (χ1v) is 6.92. The van der Waals surface area contributed by atoms with Crippen molar-refractivity contribution in [2.24, 2.45) is 0 Å². The zero-order chi connectivity index (χ0) is 11.5. The Bertz CT molecular complexity index is 337. The van der Waals surface area contributed by atoms with Crippen molar-refractivity contribution in [1.29, 1.82) is 0 Å². The van der Waals surface area contributed by atoms with Crippen molar-refractivity contribution in [3.8, 4) is 0 Å². The van der Waals surface area contributed by atoms with Gasteiger partial charge in [0.25, 0.3) is 0 Å². The summed E-state index contributed by atoms with van der Waals surface area (Å²) in [4.78, 5) is 7.13. The maximum absolute atomic E-state index is 4.59. The fraction of sp³-hybridized carbons (Fsp3) is 0.750. The van der Waals surface area contributed by atoms with Gasteiger partial charge < -0.3 is 5.32 Å². The van der Waals surface area contributed by atoms with E-state index in [1.807, 2.05) is 0 Å². The van der Waals surface area contributed by atoms with Gasteiger partial charge in [-0.3, -0.25) is 4.90 Å². The summed E-state index contributed by atoms with van der Waals surface area (Å²) in [5, 5.41) is 6.75. The topological polar surface area (TPSA) is 28.2 Å². The minimum Gasteiger partial charge on any atom is -0.316 e. The van der Waals surface area contributed by atoms with Gasteiger partial charge in [0, 0.05) is 18.0 Å². The van der Waals surface area contributed by atoms with Crippen LogP contribution < -0.4 is 5.32 Å². The number of aromatic nitrogens is 1. The van der Waals surface area contributed by atoms with Gasteiger partial charge in [-0.25, -0.2) is 4.98 Å². The second-order valence-corrected chi connectivity index (χ2v) is 5.65. The lowest BCUT2D eigenvalue weighted by molar-refractivity contribution is 0.147. The molecule has 1 aliphatic heterocycles. The molecular weight excluding hydrogens is 218 g/mol. The first-order chi connectivity index (χ1) is 7.70. The molecule has 3 nitrogen and oxygen atoms in total. The van der Waals surface area contributed by atoms with Crippen molar-refractivity contribution >= 4 is 11.3 Å². The van der Waals surface area contributed by atoms with E-state index in [9.17, 15) is 0 Å². The molecule has 2 unspecified atom stereocenters. The van der Waals surface area contributed by atoms with Crippen molar-refractivity contribution in [3.05, 3.63) is 16.1 Å². The first kappa shape index (κ1) is 12.0. The van der Waals surface area contributed by atoms with Crippen molar-refractivity contribution in [1.82, 2.24) is 15.2 Å². The maximum atomic E-state index is 4.59. The number of rotatable bonds is 3. The molecule has 1 aromatic heterocycles. The van der Waals surface area contributed by atoms with Crippen LogP contribution in [0.3, 0.4) is 0 Å². The molecule has 16 heavy (non-hydrogen) atoms. The SMILES string of the molecule is CNC1CCCN(C(C)c2csc(C)n2)C1. The second kappa shape index (κ2) is 5.25. The molecule has 2 atom stereocenters. The molecule has 0 amide bonds. The van der Waals surface area contributed by atoms with Gasteiger partial charge in [-0.15, -0.1) is 11.3 Å².